The molecule has 1 aromatic rings. The molecule has 3 rings (SSSR count). The summed E-state index contributed by atoms with van der Waals surface area (Å²) in [6, 6.07) is 0.500. The molecule has 1 aromatic heterocycles. The molecule has 1 saturated heterocycles. The van der Waals surface area contributed by atoms with Crippen LogP contribution in [-0.4, -0.2) is 29.0 Å². The van der Waals surface area contributed by atoms with Crippen LogP contribution in [0.25, 0.3) is 0 Å². The summed E-state index contributed by atoms with van der Waals surface area (Å²) in [4.78, 5) is 0. The van der Waals surface area contributed by atoms with Gasteiger partial charge in [-0.05, 0) is 31.6 Å². The van der Waals surface area contributed by atoms with Crippen LogP contribution in [0.3, 0.4) is 0 Å². The van der Waals surface area contributed by atoms with Crippen molar-refractivity contribution in [1.29, 1.82) is 0 Å². The first kappa shape index (κ1) is 13.3. The molecule has 2 fully saturated rings. The van der Waals surface area contributed by atoms with E-state index in [9.17, 15) is 0 Å². The smallest absolute Gasteiger partial charge is 0.205 e. The highest BCUT2D eigenvalue weighted by Gasteiger charge is 2.36. The topological polar surface area (TPSA) is 47.0 Å². The predicted molar refractivity (Wildman–Crippen MR) is 77.7 cm³/mol. The summed E-state index contributed by atoms with van der Waals surface area (Å²) in [7, 11) is 0. The molecule has 2 unspecified atom stereocenters. The Balaban J connectivity index is 1.59. The van der Waals surface area contributed by atoms with Crippen LogP contribution in [0.1, 0.15) is 51.5 Å². The third kappa shape index (κ3) is 3.26. The van der Waals surface area contributed by atoms with Gasteiger partial charge in [0, 0.05) is 18.1 Å². The first-order chi connectivity index (χ1) is 9.02. The highest BCUT2D eigenvalue weighted by molar-refractivity contribution is 7.15. The summed E-state index contributed by atoms with van der Waals surface area (Å²) in [6.45, 7) is 7.41. The zero-order valence-electron chi connectivity index (χ0n) is 12.0. The minimum atomic E-state index is 0.0871. The third-order valence-corrected chi connectivity index (χ3v) is 5.14. The Kier molecular flexibility index (Phi) is 3.52. The van der Waals surface area contributed by atoms with Gasteiger partial charge in [0.25, 0.3) is 0 Å². The molecule has 0 spiro atoms. The second kappa shape index (κ2) is 5.02. The number of anilines is 1. The number of nitrogens with zero attached hydrogens (tertiary/aromatic N) is 2. The maximum Gasteiger partial charge on any atom is 0.205 e. The fourth-order valence-corrected chi connectivity index (χ4v) is 3.39. The molecule has 1 saturated carbocycles. The van der Waals surface area contributed by atoms with Crippen LogP contribution in [0.5, 0.6) is 0 Å². The number of ether oxygens (including phenoxy) is 1. The van der Waals surface area contributed by atoms with Gasteiger partial charge in [0.05, 0.1) is 6.10 Å². The lowest BCUT2D eigenvalue weighted by Crippen LogP contribution is -2.35. The quantitative estimate of drug-likeness (QED) is 0.924. The molecule has 0 amide bonds. The van der Waals surface area contributed by atoms with Gasteiger partial charge in [-0.1, -0.05) is 32.1 Å². The Morgan fingerprint density at radius 3 is 2.63 bits per heavy atom. The minimum Gasteiger partial charge on any atom is -0.378 e. The SMILES string of the molecule is CC(C)(C)c1nnc(NC2CCOC(C3CC3)C2)s1. The minimum absolute atomic E-state index is 0.0871. The molecule has 0 bridgehead atoms. The lowest BCUT2D eigenvalue weighted by Gasteiger charge is -2.30. The van der Waals surface area contributed by atoms with E-state index in [1.54, 1.807) is 11.3 Å². The highest BCUT2D eigenvalue weighted by Crippen LogP contribution is 2.38. The number of aromatic nitrogens is 2. The van der Waals surface area contributed by atoms with Crippen molar-refractivity contribution in [3.05, 3.63) is 5.01 Å². The van der Waals surface area contributed by atoms with Crippen molar-refractivity contribution in [2.24, 2.45) is 5.92 Å². The molecule has 1 N–H and O–H groups in total. The van der Waals surface area contributed by atoms with Crippen molar-refractivity contribution in [2.45, 2.75) is 64.0 Å². The van der Waals surface area contributed by atoms with Crippen molar-refractivity contribution in [3.8, 4) is 0 Å². The second-order valence-corrected chi connectivity index (χ2v) is 7.75. The summed E-state index contributed by atoms with van der Waals surface area (Å²) in [6.07, 6.45) is 5.37. The lowest BCUT2D eigenvalue weighted by atomic mass is 9.98. The number of hydrogen-bond acceptors (Lipinski definition) is 5. The van der Waals surface area contributed by atoms with Gasteiger partial charge in [-0.25, -0.2) is 0 Å². The Morgan fingerprint density at radius 1 is 1.21 bits per heavy atom. The predicted octanol–water partition coefficient (Wildman–Crippen LogP) is 3.21. The van der Waals surface area contributed by atoms with Crippen LogP contribution in [0.15, 0.2) is 0 Å². The summed E-state index contributed by atoms with van der Waals surface area (Å²) >= 11 is 1.68. The van der Waals surface area contributed by atoms with Crippen molar-refractivity contribution < 1.29 is 4.74 Å². The van der Waals surface area contributed by atoms with Crippen molar-refractivity contribution >= 4 is 16.5 Å². The van der Waals surface area contributed by atoms with Crippen molar-refractivity contribution in [2.75, 3.05) is 11.9 Å². The zero-order valence-corrected chi connectivity index (χ0v) is 12.8. The van der Waals surface area contributed by atoms with Crippen LogP contribution in [0.4, 0.5) is 5.13 Å². The van der Waals surface area contributed by atoms with Crippen LogP contribution in [0, 0.1) is 5.92 Å². The van der Waals surface area contributed by atoms with E-state index in [-0.39, 0.29) is 5.41 Å². The van der Waals surface area contributed by atoms with E-state index in [0.29, 0.717) is 12.1 Å². The van der Waals surface area contributed by atoms with E-state index >= 15 is 0 Å². The van der Waals surface area contributed by atoms with Gasteiger partial charge in [-0.2, -0.15) is 0 Å². The zero-order chi connectivity index (χ0) is 13.5. The van der Waals surface area contributed by atoms with Crippen LogP contribution < -0.4 is 5.32 Å². The van der Waals surface area contributed by atoms with E-state index < -0.39 is 0 Å². The molecule has 1 aliphatic carbocycles. The molecule has 106 valence electrons. The van der Waals surface area contributed by atoms with Gasteiger partial charge >= 0.3 is 0 Å². The van der Waals surface area contributed by atoms with E-state index in [0.717, 1.165) is 35.5 Å². The Hall–Kier alpha value is -0.680. The molecular weight excluding hydrogens is 258 g/mol. The van der Waals surface area contributed by atoms with Crippen LogP contribution in [-0.2, 0) is 10.2 Å². The normalized spacial score (nSPS) is 28.4. The molecule has 2 atom stereocenters. The van der Waals surface area contributed by atoms with Gasteiger partial charge < -0.3 is 10.1 Å². The molecule has 5 heteroatoms. The van der Waals surface area contributed by atoms with Gasteiger partial charge in [0.15, 0.2) is 0 Å². The van der Waals surface area contributed by atoms with E-state index in [2.05, 4.69) is 36.3 Å². The molecule has 2 aliphatic rings. The monoisotopic (exact) mass is 281 g/mol. The highest BCUT2D eigenvalue weighted by atomic mass is 32.1. The average molecular weight is 281 g/mol. The summed E-state index contributed by atoms with van der Waals surface area (Å²) in [5.74, 6) is 0.823. The lowest BCUT2D eigenvalue weighted by molar-refractivity contribution is -0.00219. The largest absolute Gasteiger partial charge is 0.378 e. The molecule has 19 heavy (non-hydrogen) atoms. The van der Waals surface area contributed by atoms with Gasteiger partial charge in [-0.15, -0.1) is 10.2 Å². The first-order valence-corrected chi connectivity index (χ1v) is 8.06. The van der Waals surface area contributed by atoms with E-state index in [4.69, 9.17) is 4.74 Å². The summed E-state index contributed by atoms with van der Waals surface area (Å²) < 4.78 is 5.86. The molecule has 1 aliphatic heterocycles. The summed E-state index contributed by atoms with van der Waals surface area (Å²) in [5.41, 5.74) is 0.0871. The van der Waals surface area contributed by atoms with Gasteiger partial charge in [-0.3, -0.25) is 0 Å². The third-order valence-electron chi connectivity index (χ3n) is 3.86. The Labute approximate surface area is 119 Å². The fourth-order valence-electron chi connectivity index (χ4n) is 2.51. The van der Waals surface area contributed by atoms with Crippen molar-refractivity contribution in [1.82, 2.24) is 10.2 Å². The van der Waals surface area contributed by atoms with Gasteiger partial charge in [0.1, 0.15) is 5.01 Å². The van der Waals surface area contributed by atoms with Gasteiger partial charge in [0.2, 0.25) is 5.13 Å². The molecule has 0 aromatic carbocycles. The number of hydrogen-bond donors (Lipinski definition) is 1. The van der Waals surface area contributed by atoms with E-state index in [1.807, 2.05) is 0 Å². The molecule has 4 nitrogen and oxygen atoms in total. The molecule has 0 radical (unpaired) electrons. The second-order valence-electron chi connectivity index (χ2n) is 6.77. The average Bonchev–Trinajstić information content (AvgIpc) is 3.09. The standard InChI is InChI=1S/C14H23N3OS/c1-14(2,3)12-16-17-13(19-12)15-10-6-7-18-11(8-10)9-4-5-9/h9-11H,4-8H2,1-3H3,(H,15,17). The Morgan fingerprint density at radius 2 is 2.00 bits per heavy atom. The maximum absolute atomic E-state index is 5.86. The number of nitrogens with one attached hydrogen (secondary N) is 1. The van der Waals surface area contributed by atoms with Crippen molar-refractivity contribution in [3.63, 3.8) is 0 Å². The van der Waals surface area contributed by atoms with E-state index in [1.165, 1.54) is 12.8 Å². The first-order valence-electron chi connectivity index (χ1n) is 7.24. The molecule has 2 heterocycles. The fraction of sp³-hybridized carbons (Fsp3) is 0.857. The Bertz CT molecular complexity index is 436. The molecular formula is C14H23N3OS. The maximum atomic E-state index is 5.86. The van der Waals surface area contributed by atoms with Crippen LogP contribution in [0.2, 0.25) is 0 Å². The summed E-state index contributed by atoms with van der Waals surface area (Å²) in [5, 5.41) is 14.2. The van der Waals surface area contributed by atoms with Crippen LogP contribution >= 0.6 is 11.3 Å². The number of rotatable bonds is 3.